The molecular weight excluding hydrogens is 428 g/mol. The number of aryl methyl sites for hydroxylation is 1. The van der Waals surface area contributed by atoms with Gasteiger partial charge in [0.2, 0.25) is 11.8 Å². The minimum absolute atomic E-state index is 0.00205. The van der Waals surface area contributed by atoms with E-state index in [1.165, 1.54) is 0 Å². The highest BCUT2D eigenvalue weighted by molar-refractivity contribution is 5.95. The van der Waals surface area contributed by atoms with Crippen molar-refractivity contribution in [2.24, 2.45) is 5.92 Å². The van der Waals surface area contributed by atoms with E-state index in [0.29, 0.717) is 18.8 Å². The van der Waals surface area contributed by atoms with Crippen molar-refractivity contribution in [1.29, 1.82) is 0 Å². The lowest BCUT2D eigenvalue weighted by molar-refractivity contribution is -0.137. The van der Waals surface area contributed by atoms with Crippen LogP contribution in [-0.2, 0) is 9.59 Å². The number of hydrogen-bond donors (Lipinski definition) is 1. The third kappa shape index (κ3) is 5.76. The molecule has 1 aliphatic heterocycles. The SMILES string of the molecule is Cc1ccc(C(=O)N2CCN(c3ccc(NC(=O)CN(C(=O)C4CC4)C(C)C)cc3)CC2)cc1. The van der Waals surface area contributed by atoms with E-state index in [4.69, 9.17) is 0 Å². The second-order valence-corrected chi connectivity index (χ2v) is 9.57. The van der Waals surface area contributed by atoms with Crippen LogP contribution in [0.5, 0.6) is 0 Å². The Bertz CT molecular complexity index is 1020. The Balaban J connectivity index is 1.28. The zero-order valence-electron chi connectivity index (χ0n) is 20.3. The zero-order chi connectivity index (χ0) is 24.2. The van der Waals surface area contributed by atoms with Crippen LogP contribution in [-0.4, -0.2) is 66.3 Å². The number of nitrogens with one attached hydrogen (secondary N) is 1. The third-order valence-electron chi connectivity index (χ3n) is 6.53. The number of piperazine rings is 1. The number of nitrogens with zero attached hydrogens (tertiary/aromatic N) is 3. The van der Waals surface area contributed by atoms with Crippen LogP contribution in [0.25, 0.3) is 0 Å². The topological polar surface area (TPSA) is 73.0 Å². The van der Waals surface area contributed by atoms with Crippen LogP contribution >= 0.6 is 0 Å². The van der Waals surface area contributed by atoms with Crippen molar-refractivity contribution in [3.8, 4) is 0 Å². The van der Waals surface area contributed by atoms with Crippen molar-refractivity contribution >= 4 is 29.1 Å². The summed E-state index contributed by atoms with van der Waals surface area (Å²) in [4.78, 5) is 43.5. The quantitative estimate of drug-likeness (QED) is 0.683. The molecule has 1 N–H and O–H groups in total. The van der Waals surface area contributed by atoms with Crippen LogP contribution in [0.3, 0.4) is 0 Å². The average molecular weight is 463 g/mol. The summed E-state index contributed by atoms with van der Waals surface area (Å²) < 4.78 is 0. The van der Waals surface area contributed by atoms with Crippen LogP contribution in [0.1, 0.15) is 42.6 Å². The average Bonchev–Trinajstić information content (AvgIpc) is 3.68. The summed E-state index contributed by atoms with van der Waals surface area (Å²) in [6.45, 7) is 8.83. The second kappa shape index (κ2) is 10.3. The number of amides is 3. The molecule has 7 heteroatoms. The van der Waals surface area contributed by atoms with Crippen LogP contribution < -0.4 is 10.2 Å². The number of carbonyl (C=O) groups excluding carboxylic acids is 3. The fraction of sp³-hybridized carbons (Fsp3) is 0.444. The standard InChI is InChI=1S/C27H34N4O3/c1-19(2)31(27(34)22-8-9-22)18-25(32)28-23-10-12-24(13-11-23)29-14-16-30(17-15-29)26(33)21-6-4-20(3)5-7-21/h4-7,10-13,19,22H,8-9,14-18H2,1-3H3,(H,28,32). The maximum Gasteiger partial charge on any atom is 0.253 e. The van der Waals surface area contributed by atoms with Gasteiger partial charge in [-0.25, -0.2) is 0 Å². The second-order valence-electron chi connectivity index (χ2n) is 9.57. The molecule has 0 aromatic heterocycles. The molecule has 0 atom stereocenters. The number of benzene rings is 2. The molecule has 7 nitrogen and oxygen atoms in total. The normalized spacial score (nSPS) is 15.9. The maximum atomic E-state index is 12.7. The van der Waals surface area contributed by atoms with Gasteiger partial charge in [0.25, 0.3) is 5.91 Å². The first-order chi connectivity index (χ1) is 16.3. The summed E-state index contributed by atoms with van der Waals surface area (Å²) in [7, 11) is 0. The molecule has 0 bridgehead atoms. The molecule has 2 fully saturated rings. The summed E-state index contributed by atoms with van der Waals surface area (Å²) in [6.07, 6.45) is 1.86. The van der Waals surface area contributed by atoms with Crippen LogP contribution in [0, 0.1) is 12.8 Å². The molecule has 2 aromatic rings. The largest absolute Gasteiger partial charge is 0.368 e. The molecule has 1 aliphatic carbocycles. The highest BCUT2D eigenvalue weighted by atomic mass is 16.2. The fourth-order valence-electron chi connectivity index (χ4n) is 4.24. The minimum atomic E-state index is -0.182. The summed E-state index contributed by atoms with van der Waals surface area (Å²) in [5.74, 6) is 0.0784. The first-order valence-corrected chi connectivity index (χ1v) is 12.1. The molecule has 1 heterocycles. The minimum Gasteiger partial charge on any atom is -0.368 e. The molecular formula is C27H34N4O3. The van der Waals surface area contributed by atoms with Gasteiger partial charge in [-0.05, 0) is 70.0 Å². The number of carbonyl (C=O) groups is 3. The molecule has 180 valence electrons. The van der Waals surface area contributed by atoms with E-state index in [-0.39, 0.29) is 36.2 Å². The lowest BCUT2D eigenvalue weighted by atomic mass is 10.1. The highest BCUT2D eigenvalue weighted by Crippen LogP contribution is 2.31. The maximum absolute atomic E-state index is 12.7. The Hall–Kier alpha value is -3.35. The lowest BCUT2D eigenvalue weighted by Crippen LogP contribution is -2.48. The zero-order valence-corrected chi connectivity index (χ0v) is 20.3. The van der Waals surface area contributed by atoms with Crippen molar-refractivity contribution in [3.05, 3.63) is 59.7 Å². The predicted molar refractivity (Wildman–Crippen MR) is 134 cm³/mol. The van der Waals surface area contributed by atoms with Crippen LogP contribution in [0.4, 0.5) is 11.4 Å². The molecule has 0 radical (unpaired) electrons. The Kier molecular flexibility index (Phi) is 7.20. The highest BCUT2D eigenvalue weighted by Gasteiger charge is 2.35. The van der Waals surface area contributed by atoms with Gasteiger partial charge in [-0.2, -0.15) is 0 Å². The Morgan fingerprint density at radius 3 is 2.12 bits per heavy atom. The van der Waals surface area contributed by atoms with E-state index in [1.807, 2.05) is 74.2 Å². The van der Waals surface area contributed by atoms with E-state index in [2.05, 4.69) is 10.2 Å². The van der Waals surface area contributed by atoms with Gasteiger partial charge in [0.05, 0.1) is 0 Å². The van der Waals surface area contributed by atoms with Gasteiger partial charge in [0.15, 0.2) is 0 Å². The number of anilines is 2. The Morgan fingerprint density at radius 1 is 0.941 bits per heavy atom. The molecule has 1 saturated carbocycles. The van der Waals surface area contributed by atoms with Crippen molar-refractivity contribution in [1.82, 2.24) is 9.80 Å². The van der Waals surface area contributed by atoms with Gasteiger partial charge >= 0.3 is 0 Å². The molecule has 34 heavy (non-hydrogen) atoms. The van der Waals surface area contributed by atoms with E-state index in [9.17, 15) is 14.4 Å². The van der Waals surface area contributed by atoms with Gasteiger partial charge < -0.3 is 20.0 Å². The summed E-state index contributed by atoms with van der Waals surface area (Å²) in [5.41, 5.74) is 3.65. The van der Waals surface area contributed by atoms with Gasteiger partial charge in [-0.3, -0.25) is 14.4 Å². The summed E-state index contributed by atoms with van der Waals surface area (Å²) in [6, 6.07) is 15.5. The fourth-order valence-corrected chi connectivity index (χ4v) is 4.24. The van der Waals surface area contributed by atoms with Crippen molar-refractivity contribution in [2.45, 2.75) is 39.7 Å². The number of rotatable bonds is 7. The Labute approximate surface area is 201 Å². The molecule has 2 aromatic carbocycles. The third-order valence-corrected chi connectivity index (χ3v) is 6.53. The first kappa shape index (κ1) is 23.8. The van der Waals surface area contributed by atoms with Gasteiger partial charge in [-0.15, -0.1) is 0 Å². The molecule has 0 unspecified atom stereocenters. The van der Waals surface area contributed by atoms with E-state index in [1.54, 1.807) is 4.90 Å². The first-order valence-electron chi connectivity index (χ1n) is 12.1. The lowest BCUT2D eigenvalue weighted by Gasteiger charge is -2.36. The molecule has 2 aliphatic rings. The summed E-state index contributed by atoms with van der Waals surface area (Å²) in [5, 5.41) is 2.91. The number of hydrogen-bond acceptors (Lipinski definition) is 4. The smallest absolute Gasteiger partial charge is 0.253 e. The predicted octanol–water partition coefficient (Wildman–Crippen LogP) is 3.54. The Morgan fingerprint density at radius 2 is 1.56 bits per heavy atom. The van der Waals surface area contributed by atoms with Crippen LogP contribution in [0.15, 0.2) is 48.5 Å². The van der Waals surface area contributed by atoms with Crippen molar-refractivity contribution in [3.63, 3.8) is 0 Å². The van der Waals surface area contributed by atoms with Crippen LogP contribution in [0.2, 0.25) is 0 Å². The molecule has 4 rings (SSSR count). The van der Waals surface area contributed by atoms with Gasteiger partial charge in [0, 0.05) is 55.1 Å². The summed E-state index contributed by atoms with van der Waals surface area (Å²) >= 11 is 0. The molecule has 0 spiro atoms. The molecule has 3 amide bonds. The molecule has 1 saturated heterocycles. The van der Waals surface area contributed by atoms with E-state index < -0.39 is 0 Å². The van der Waals surface area contributed by atoms with Crippen molar-refractivity contribution in [2.75, 3.05) is 42.9 Å². The van der Waals surface area contributed by atoms with Crippen molar-refractivity contribution < 1.29 is 14.4 Å². The van der Waals surface area contributed by atoms with Gasteiger partial charge in [0.1, 0.15) is 6.54 Å². The van der Waals surface area contributed by atoms with Gasteiger partial charge in [-0.1, -0.05) is 17.7 Å². The monoisotopic (exact) mass is 462 g/mol. The van der Waals surface area contributed by atoms with E-state index in [0.717, 1.165) is 42.7 Å². The van der Waals surface area contributed by atoms with E-state index >= 15 is 0 Å².